The molecule has 110 valence electrons. The molecule has 0 radical (unpaired) electrons. The van der Waals surface area contributed by atoms with Gasteiger partial charge >= 0.3 is 5.69 Å². The fourth-order valence-electron chi connectivity index (χ4n) is 2.06. The molecule has 0 aromatic carbocycles. The Morgan fingerprint density at radius 3 is 3.10 bits per heavy atom. The summed E-state index contributed by atoms with van der Waals surface area (Å²) in [7, 11) is 0. The predicted molar refractivity (Wildman–Crippen MR) is 75.1 cm³/mol. The molecule has 0 saturated carbocycles. The topological polar surface area (TPSA) is 93.4 Å². The average Bonchev–Trinajstić information content (AvgIpc) is 2.44. The number of nitrogens with one attached hydrogen (secondary N) is 1. The van der Waals surface area contributed by atoms with Crippen LogP contribution in [0.25, 0.3) is 0 Å². The third-order valence-corrected chi connectivity index (χ3v) is 3.02. The van der Waals surface area contributed by atoms with Crippen molar-refractivity contribution in [2.45, 2.75) is 26.4 Å². The Hall–Kier alpha value is -1.96. The van der Waals surface area contributed by atoms with Gasteiger partial charge in [0.25, 0.3) is 0 Å². The molecule has 20 heavy (non-hydrogen) atoms. The number of hydrogen-bond donors (Lipinski definition) is 1. The molecular weight excluding hydrogens is 262 g/mol. The van der Waals surface area contributed by atoms with Crippen LogP contribution in [-0.2, 0) is 4.74 Å². The number of aromatic nitrogens is 2. The Morgan fingerprint density at radius 2 is 2.45 bits per heavy atom. The Kier molecular flexibility index (Phi) is 4.67. The van der Waals surface area contributed by atoms with Crippen LogP contribution >= 0.6 is 0 Å². The highest BCUT2D eigenvalue weighted by atomic mass is 16.6. The number of anilines is 2. The van der Waals surface area contributed by atoms with Crippen LogP contribution < -0.4 is 10.2 Å². The van der Waals surface area contributed by atoms with Gasteiger partial charge in [-0.15, -0.1) is 0 Å². The number of rotatable bonds is 5. The highest BCUT2D eigenvalue weighted by Gasteiger charge is 2.26. The van der Waals surface area contributed by atoms with E-state index in [1.807, 2.05) is 18.7 Å². The molecular formula is C12H19N5O3. The smallest absolute Gasteiger partial charge is 0.329 e. The molecule has 1 aromatic rings. The zero-order valence-electron chi connectivity index (χ0n) is 11.7. The van der Waals surface area contributed by atoms with Crippen molar-refractivity contribution in [1.29, 1.82) is 0 Å². The van der Waals surface area contributed by atoms with E-state index in [0.717, 1.165) is 13.0 Å². The van der Waals surface area contributed by atoms with E-state index in [0.29, 0.717) is 31.5 Å². The van der Waals surface area contributed by atoms with E-state index >= 15 is 0 Å². The molecule has 0 amide bonds. The van der Waals surface area contributed by atoms with Crippen molar-refractivity contribution in [2.24, 2.45) is 0 Å². The molecule has 2 rings (SSSR count). The van der Waals surface area contributed by atoms with Crippen LogP contribution in [0.3, 0.4) is 0 Å². The summed E-state index contributed by atoms with van der Waals surface area (Å²) < 4.78 is 5.45. The van der Waals surface area contributed by atoms with Gasteiger partial charge in [-0.05, 0) is 13.3 Å². The van der Waals surface area contributed by atoms with Crippen molar-refractivity contribution < 1.29 is 9.66 Å². The third kappa shape index (κ3) is 3.32. The van der Waals surface area contributed by atoms with Gasteiger partial charge in [-0.2, -0.15) is 4.98 Å². The van der Waals surface area contributed by atoms with Crippen molar-refractivity contribution in [3.8, 4) is 0 Å². The van der Waals surface area contributed by atoms with Gasteiger partial charge in [-0.1, -0.05) is 6.92 Å². The second-order valence-electron chi connectivity index (χ2n) is 4.71. The number of hydrogen-bond acceptors (Lipinski definition) is 7. The molecule has 0 spiro atoms. The Labute approximate surface area is 117 Å². The van der Waals surface area contributed by atoms with Crippen molar-refractivity contribution in [3.05, 3.63) is 16.3 Å². The molecule has 2 heterocycles. The molecule has 0 aliphatic carbocycles. The van der Waals surface area contributed by atoms with Crippen molar-refractivity contribution in [2.75, 3.05) is 36.5 Å². The van der Waals surface area contributed by atoms with Gasteiger partial charge < -0.3 is 15.0 Å². The van der Waals surface area contributed by atoms with E-state index < -0.39 is 4.92 Å². The van der Waals surface area contributed by atoms with Gasteiger partial charge in [-0.3, -0.25) is 10.1 Å². The zero-order chi connectivity index (χ0) is 14.5. The molecule has 1 aromatic heterocycles. The second kappa shape index (κ2) is 6.47. The standard InChI is InChI=1S/C12H19N5O3/c1-3-4-13-12-14-7-10(17(18)19)11(15-12)16-5-6-20-9(2)8-16/h7,9H,3-6,8H2,1-2H3,(H,13,14,15). The third-order valence-electron chi connectivity index (χ3n) is 3.02. The summed E-state index contributed by atoms with van der Waals surface area (Å²) in [4.78, 5) is 20.8. The van der Waals surface area contributed by atoms with Gasteiger partial charge in [-0.25, -0.2) is 4.98 Å². The molecule has 1 aliphatic heterocycles. The van der Waals surface area contributed by atoms with E-state index in [4.69, 9.17) is 4.74 Å². The summed E-state index contributed by atoms with van der Waals surface area (Å²) in [6, 6.07) is 0. The highest BCUT2D eigenvalue weighted by Crippen LogP contribution is 2.27. The van der Waals surface area contributed by atoms with Gasteiger partial charge in [0.05, 0.1) is 17.6 Å². The monoisotopic (exact) mass is 281 g/mol. The molecule has 8 nitrogen and oxygen atoms in total. The van der Waals surface area contributed by atoms with Crippen molar-refractivity contribution in [3.63, 3.8) is 0 Å². The number of morpholine rings is 1. The summed E-state index contributed by atoms with van der Waals surface area (Å²) in [5.41, 5.74) is -0.0684. The maximum Gasteiger partial charge on any atom is 0.329 e. The first kappa shape index (κ1) is 14.4. The van der Waals surface area contributed by atoms with E-state index in [-0.39, 0.29) is 11.8 Å². The predicted octanol–water partition coefficient (Wildman–Crippen LogP) is 1.43. The van der Waals surface area contributed by atoms with E-state index in [2.05, 4.69) is 15.3 Å². The van der Waals surface area contributed by atoms with Gasteiger partial charge in [0.2, 0.25) is 11.8 Å². The summed E-state index contributed by atoms with van der Waals surface area (Å²) in [6.45, 7) is 6.43. The fraction of sp³-hybridized carbons (Fsp3) is 0.667. The van der Waals surface area contributed by atoms with Gasteiger partial charge in [0.1, 0.15) is 6.20 Å². The lowest BCUT2D eigenvalue weighted by molar-refractivity contribution is -0.384. The minimum absolute atomic E-state index is 0.0328. The minimum atomic E-state index is -0.445. The summed E-state index contributed by atoms with van der Waals surface area (Å²) >= 11 is 0. The largest absolute Gasteiger partial charge is 0.375 e. The van der Waals surface area contributed by atoms with Crippen molar-refractivity contribution >= 4 is 17.5 Å². The number of nitro groups is 1. The lowest BCUT2D eigenvalue weighted by Crippen LogP contribution is -2.41. The molecule has 1 N–H and O–H groups in total. The van der Waals surface area contributed by atoms with Crippen LogP contribution in [0.4, 0.5) is 17.5 Å². The molecule has 8 heteroatoms. The Morgan fingerprint density at radius 1 is 1.65 bits per heavy atom. The van der Waals surface area contributed by atoms with Crippen LogP contribution in [-0.4, -0.2) is 47.2 Å². The first-order chi connectivity index (χ1) is 9.61. The van der Waals surface area contributed by atoms with Crippen LogP contribution in [0, 0.1) is 10.1 Å². The second-order valence-corrected chi connectivity index (χ2v) is 4.71. The summed E-state index contributed by atoms with van der Waals surface area (Å²) in [5, 5.41) is 14.2. The molecule has 0 bridgehead atoms. The summed E-state index contributed by atoms with van der Waals surface area (Å²) in [5.74, 6) is 0.783. The van der Waals surface area contributed by atoms with Gasteiger partial charge in [0, 0.05) is 19.6 Å². The number of ether oxygens (including phenoxy) is 1. The fourth-order valence-corrected chi connectivity index (χ4v) is 2.06. The molecule has 1 aliphatic rings. The van der Waals surface area contributed by atoms with E-state index in [9.17, 15) is 10.1 Å². The van der Waals surface area contributed by atoms with E-state index in [1.165, 1.54) is 6.20 Å². The Balaban J connectivity index is 2.28. The highest BCUT2D eigenvalue weighted by molar-refractivity contribution is 5.59. The van der Waals surface area contributed by atoms with Crippen LogP contribution in [0.2, 0.25) is 0 Å². The normalized spacial score (nSPS) is 18.9. The summed E-state index contributed by atoms with van der Waals surface area (Å²) in [6.07, 6.45) is 2.23. The zero-order valence-corrected chi connectivity index (χ0v) is 11.7. The lowest BCUT2D eigenvalue weighted by Gasteiger charge is -2.31. The lowest BCUT2D eigenvalue weighted by atomic mass is 10.3. The quantitative estimate of drug-likeness (QED) is 0.644. The molecule has 1 fully saturated rings. The first-order valence-electron chi connectivity index (χ1n) is 6.73. The number of nitrogens with zero attached hydrogens (tertiary/aromatic N) is 4. The maximum atomic E-state index is 11.1. The van der Waals surface area contributed by atoms with Crippen LogP contribution in [0.1, 0.15) is 20.3 Å². The molecule has 1 saturated heterocycles. The molecule has 1 unspecified atom stereocenters. The minimum Gasteiger partial charge on any atom is -0.375 e. The average molecular weight is 281 g/mol. The van der Waals surface area contributed by atoms with Crippen LogP contribution in [0.5, 0.6) is 0 Å². The SMILES string of the molecule is CCCNc1ncc([N+](=O)[O-])c(N2CCOC(C)C2)n1. The maximum absolute atomic E-state index is 11.1. The molecule has 1 atom stereocenters. The van der Waals surface area contributed by atoms with Crippen LogP contribution in [0.15, 0.2) is 6.20 Å². The Bertz CT molecular complexity index is 482. The first-order valence-corrected chi connectivity index (χ1v) is 6.73. The van der Waals surface area contributed by atoms with Gasteiger partial charge in [0.15, 0.2) is 0 Å². The van der Waals surface area contributed by atoms with Crippen molar-refractivity contribution in [1.82, 2.24) is 9.97 Å². The van der Waals surface area contributed by atoms with E-state index in [1.54, 1.807) is 0 Å².